The van der Waals surface area contributed by atoms with Crippen LogP contribution in [0, 0.1) is 0 Å². The highest BCUT2D eigenvalue weighted by molar-refractivity contribution is 5.83. The van der Waals surface area contributed by atoms with E-state index in [1.807, 2.05) is 30.3 Å². The standard InChI is InChI=1S/C21H34N4O2/c1-23(10-7-13-24-11-4-2-3-5-12-24)21(26)20(19-8-6-9-22-18-19)25-14-16-27-17-15-25/h6,8-9,18,20H,2-5,7,10-17H2,1H3/t20-/m1/s1. The quantitative estimate of drug-likeness (QED) is 0.732. The van der Waals surface area contributed by atoms with Gasteiger partial charge in [0.25, 0.3) is 0 Å². The molecule has 0 N–H and O–H groups in total. The van der Waals surface area contributed by atoms with Gasteiger partial charge in [0.1, 0.15) is 6.04 Å². The summed E-state index contributed by atoms with van der Waals surface area (Å²) in [7, 11) is 1.94. The van der Waals surface area contributed by atoms with Crippen molar-refractivity contribution < 1.29 is 9.53 Å². The van der Waals surface area contributed by atoms with Gasteiger partial charge in [-0.05, 0) is 50.5 Å². The lowest BCUT2D eigenvalue weighted by molar-refractivity contribution is -0.138. The van der Waals surface area contributed by atoms with E-state index in [4.69, 9.17) is 4.74 Å². The van der Waals surface area contributed by atoms with Crippen LogP contribution in [0.2, 0.25) is 0 Å². The third kappa shape index (κ3) is 5.99. The Hall–Kier alpha value is -1.50. The van der Waals surface area contributed by atoms with Crippen LogP contribution in [0.3, 0.4) is 0 Å². The summed E-state index contributed by atoms with van der Waals surface area (Å²) >= 11 is 0. The van der Waals surface area contributed by atoms with E-state index in [0.29, 0.717) is 13.2 Å². The zero-order chi connectivity index (χ0) is 18.9. The van der Waals surface area contributed by atoms with E-state index in [9.17, 15) is 4.79 Å². The van der Waals surface area contributed by atoms with Crippen LogP contribution in [0.25, 0.3) is 0 Å². The van der Waals surface area contributed by atoms with Crippen LogP contribution in [0.4, 0.5) is 0 Å². The predicted molar refractivity (Wildman–Crippen MR) is 107 cm³/mol. The summed E-state index contributed by atoms with van der Waals surface area (Å²) < 4.78 is 5.48. The maximum absolute atomic E-state index is 13.3. The van der Waals surface area contributed by atoms with Crippen molar-refractivity contribution >= 4 is 5.91 Å². The first-order valence-corrected chi connectivity index (χ1v) is 10.4. The van der Waals surface area contributed by atoms with Gasteiger partial charge >= 0.3 is 0 Å². The van der Waals surface area contributed by atoms with Crippen LogP contribution < -0.4 is 0 Å². The molecule has 2 aliphatic heterocycles. The molecule has 0 spiro atoms. The molecule has 2 saturated heterocycles. The number of carbonyl (C=O) groups is 1. The fourth-order valence-electron chi connectivity index (χ4n) is 4.09. The highest BCUT2D eigenvalue weighted by atomic mass is 16.5. The number of nitrogens with zero attached hydrogens (tertiary/aromatic N) is 4. The number of likely N-dealkylation sites (N-methyl/N-ethyl adjacent to an activating group) is 1. The molecule has 1 amide bonds. The minimum atomic E-state index is -0.259. The molecule has 3 heterocycles. The van der Waals surface area contributed by atoms with Crippen LogP contribution >= 0.6 is 0 Å². The van der Waals surface area contributed by atoms with Gasteiger partial charge in [-0.3, -0.25) is 14.7 Å². The number of morpholine rings is 1. The Morgan fingerprint density at radius 1 is 1.19 bits per heavy atom. The van der Waals surface area contributed by atoms with Gasteiger partial charge in [-0.25, -0.2) is 0 Å². The molecule has 2 fully saturated rings. The molecule has 0 aromatic carbocycles. The van der Waals surface area contributed by atoms with Gasteiger partial charge in [0.05, 0.1) is 13.2 Å². The number of amides is 1. The molecule has 0 saturated carbocycles. The maximum atomic E-state index is 13.3. The monoisotopic (exact) mass is 374 g/mol. The summed E-state index contributed by atoms with van der Waals surface area (Å²) in [6, 6.07) is 3.66. The van der Waals surface area contributed by atoms with Crippen LogP contribution in [0.1, 0.15) is 43.7 Å². The average Bonchev–Trinajstić information content (AvgIpc) is 2.98. The molecule has 0 aliphatic carbocycles. The summed E-state index contributed by atoms with van der Waals surface area (Å²) in [6.07, 6.45) is 9.97. The zero-order valence-corrected chi connectivity index (χ0v) is 16.7. The number of ether oxygens (including phenoxy) is 1. The lowest BCUT2D eigenvalue weighted by atomic mass is 10.1. The third-order valence-corrected chi connectivity index (χ3v) is 5.69. The Kier molecular flexibility index (Phi) is 8.05. The molecular formula is C21H34N4O2. The van der Waals surface area contributed by atoms with Crippen molar-refractivity contribution in [2.75, 3.05) is 59.5 Å². The number of hydrogen-bond donors (Lipinski definition) is 0. The van der Waals surface area contributed by atoms with Gasteiger partial charge in [-0.15, -0.1) is 0 Å². The normalized spacial score (nSPS) is 20.8. The molecule has 1 atom stereocenters. The summed E-state index contributed by atoms with van der Waals surface area (Å²) in [5.41, 5.74) is 0.976. The molecule has 0 bridgehead atoms. The minimum absolute atomic E-state index is 0.167. The van der Waals surface area contributed by atoms with E-state index in [0.717, 1.165) is 38.2 Å². The van der Waals surface area contributed by atoms with Gasteiger partial charge in [0, 0.05) is 39.1 Å². The van der Waals surface area contributed by atoms with Gasteiger partial charge in [0.15, 0.2) is 0 Å². The molecule has 1 aromatic heterocycles. The predicted octanol–water partition coefficient (Wildman–Crippen LogP) is 2.18. The highest BCUT2D eigenvalue weighted by Crippen LogP contribution is 2.23. The second-order valence-corrected chi connectivity index (χ2v) is 7.71. The van der Waals surface area contributed by atoms with Crippen LogP contribution in [-0.2, 0) is 9.53 Å². The SMILES string of the molecule is CN(CCCN1CCCCCC1)C(=O)[C@@H](c1cccnc1)N1CCOCC1. The minimum Gasteiger partial charge on any atom is -0.379 e. The number of rotatable bonds is 7. The molecular weight excluding hydrogens is 340 g/mol. The molecule has 150 valence electrons. The van der Waals surface area contributed by atoms with Gasteiger partial charge in [0.2, 0.25) is 5.91 Å². The average molecular weight is 375 g/mol. The maximum Gasteiger partial charge on any atom is 0.244 e. The molecule has 2 aliphatic rings. The van der Waals surface area contributed by atoms with Crippen LogP contribution in [0.5, 0.6) is 0 Å². The fraction of sp³-hybridized carbons (Fsp3) is 0.714. The Balaban J connectivity index is 1.57. The summed E-state index contributed by atoms with van der Waals surface area (Å²) in [6.45, 7) is 7.25. The van der Waals surface area contributed by atoms with E-state index in [2.05, 4.69) is 14.8 Å². The Morgan fingerprint density at radius 2 is 1.93 bits per heavy atom. The lowest BCUT2D eigenvalue weighted by Crippen LogP contribution is -2.46. The van der Waals surface area contributed by atoms with Gasteiger partial charge in [-0.2, -0.15) is 0 Å². The van der Waals surface area contributed by atoms with Crippen LogP contribution in [0.15, 0.2) is 24.5 Å². The van der Waals surface area contributed by atoms with Gasteiger partial charge in [-0.1, -0.05) is 18.9 Å². The largest absolute Gasteiger partial charge is 0.379 e. The van der Waals surface area contributed by atoms with Crippen molar-refractivity contribution in [1.82, 2.24) is 19.7 Å². The zero-order valence-electron chi connectivity index (χ0n) is 16.7. The topological polar surface area (TPSA) is 48.9 Å². The Bertz CT molecular complexity index is 555. The lowest BCUT2D eigenvalue weighted by Gasteiger charge is -2.35. The van der Waals surface area contributed by atoms with Gasteiger partial charge < -0.3 is 14.5 Å². The molecule has 6 nitrogen and oxygen atoms in total. The van der Waals surface area contributed by atoms with E-state index in [-0.39, 0.29) is 11.9 Å². The van der Waals surface area contributed by atoms with Crippen molar-refractivity contribution in [2.24, 2.45) is 0 Å². The molecule has 1 aromatic rings. The number of likely N-dealkylation sites (tertiary alicyclic amines) is 1. The summed E-state index contributed by atoms with van der Waals surface area (Å²) in [5.74, 6) is 0.167. The van der Waals surface area contributed by atoms with Crippen molar-refractivity contribution in [1.29, 1.82) is 0 Å². The molecule has 0 radical (unpaired) electrons. The van der Waals surface area contributed by atoms with E-state index in [1.165, 1.54) is 38.8 Å². The first kappa shape index (κ1) is 20.2. The number of hydrogen-bond acceptors (Lipinski definition) is 5. The third-order valence-electron chi connectivity index (χ3n) is 5.69. The van der Waals surface area contributed by atoms with Crippen LogP contribution in [-0.4, -0.2) is 85.1 Å². The summed E-state index contributed by atoms with van der Waals surface area (Å²) in [5, 5.41) is 0. The second kappa shape index (κ2) is 10.7. The second-order valence-electron chi connectivity index (χ2n) is 7.71. The first-order chi connectivity index (χ1) is 13.3. The Labute approximate surface area is 163 Å². The first-order valence-electron chi connectivity index (χ1n) is 10.4. The van der Waals surface area contributed by atoms with Crippen molar-refractivity contribution in [3.63, 3.8) is 0 Å². The number of pyridine rings is 1. The smallest absolute Gasteiger partial charge is 0.244 e. The van der Waals surface area contributed by atoms with E-state index >= 15 is 0 Å². The van der Waals surface area contributed by atoms with Crippen molar-refractivity contribution in [3.05, 3.63) is 30.1 Å². The number of carbonyl (C=O) groups excluding carboxylic acids is 1. The van der Waals surface area contributed by atoms with E-state index < -0.39 is 0 Å². The molecule has 6 heteroatoms. The van der Waals surface area contributed by atoms with E-state index in [1.54, 1.807) is 6.20 Å². The van der Waals surface area contributed by atoms with Crippen molar-refractivity contribution in [3.8, 4) is 0 Å². The summed E-state index contributed by atoms with van der Waals surface area (Å²) in [4.78, 5) is 24.2. The number of aromatic nitrogens is 1. The highest BCUT2D eigenvalue weighted by Gasteiger charge is 2.31. The van der Waals surface area contributed by atoms with Crippen molar-refractivity contribution in [2.45, 2.75) is 38.1 Å². The fourth-order valence-corrected chi connectivity index (χ4v) is 4.09. The molecule has 27 heavy (non-hydrogen) atoms. The molecule has 0 unspecified atom stereocenters. The molecule has 3 rings (SSSR count). The Morgan fingerprint density at radius 3 is 2.59 bits per heavy atom.